The molecule has 11 heavy (non-hydrogen) atoms. The van der Waals surface area contributed by atoms with Gasteiger partial charge in [-0.15, -0.1) is 0 Å². The zero-order valence-corrected chi connectivity index (χ0v) is 7.81. The van der Waals surface area contributed by atoms with Gasteiger partial charge in [-0.3, -0.25) is 4.79 Å². The molecule has 0 atom stereocenters. The molecule has 0 aliphatic rings. The van der Waals surface area contributed by atoms with E-state index in [1.807, 2.05) is 16.3 Å². The van der Waals surface area contributed by atoms with Gasteiger partial charge in [-0.25, -0.2) is 0 Å². The lowest BCUT2D eigenvalue weighted by Gasteiger charge is -1.91. The predicted octanol–water partition coefficient (Wildman–Crippen LogP) is 1.82. The average molecular weight is 170 g/mol. The highest BCUT2D eigenvalue weighted by atomic mass is 32.1. The lowest BCUT2D eigenvalue weighted by Crippen LogP contribution is -2.32. The van der Waals surface area contributed by atoms with Crippen molar-refractivity contribution in [2.75, 3.05) is 0 Å². The molecule has 0 amide bonds. The zero-order chi connectivity index (χ0) is 8.43. The van der Waals surface area contributed by atoms with Gasteiger partial charge >= 0.3 is 0 Å². The smallest absolute Gasteiger partial charge is 0.225 e. The Labute approximate surface area is 70.5 Å². The summed E-state index contributed by atoms with van der Waals surface area (Å²) in [5.41, 5.74) is 1.97. The molecule has 60 valence electrons. The SMILES string of the molecule is CC(=O)c1c[n+](C(C)C)cs1. The van der Waals surface area contributed by atoms with E-state index in [1.54, 1.807) is 6.92 Å². The Morgan fingerprint density at radius 1 is 1.64 bits per heavy atom. The highest BCUT2D eigenvalue weighted by Crippen LogP contribution is 2.06. The van der Waals surface area contributed by atoms with E-state index >= 15 is 0 Å². The number of ketones is 1. The van der Waals surface area contributed by atoms with Crippen molar-refractivity contribution in [2.45, 2.75) is 26.8 Å². The summed E-state index contributed by atoms with van der Waals surface area (Å²) in [6, 6.07) is 0.444. The Kier molecular flexibility index (Phi) is 2.39. The Bertz CT molecular complexity index is 265. The van der Waals surface area contributed by atoms with Gasteiger partial charge in [-0.2, -0.15) is 4.57 Å². The van der Waals surface area contributed by atoms with E-state index in [1.165, 1.54) is 11.3 Å². The fraction of sp³-hybridized carbons (Fsp3) is 0.500. The van der Waals surface area contributed by atoms with Crippen LogP contribution in [0.25, 0.3) is 0 Å². The van der Waals surface area contributed by atoms with Crippen LogP contribution in [0.2, 0.25) is 0 Å². The maximum Gasteiger partial charge on any atom is 0.225 e. The average Bonchev–Trinajstić information content (AvgIpc) is 2.33. The zero-order valence-electron chi connectivity index (χ0n) is 7.00. The summed E-state index contributed by atoms with van der Waals surface area (Å²) in [6.45, 7) is 5.78. The van der Waals surface area contributed by atoms with Crippen LogP contribution in [-0.2, 0) is 0 Å². The van der Waals surface area contributed by atoms with E-state index in [0.29, 0.717) is 6.04 Å². The molecular weight excluding hydrogens is 158 g/mol. The van der Waals surface area contributed by atoms with E-state index in [-0.39, 0.29) is 5.78 Å². The monoisotopic (exact) mass is 170 g/mol. The second-order valence-electron chi connectivity index (χ2n) is 2.81. The van der Waals surface area contributed by atoms with Crippen molar-refractivity contribution >= 4 is 17.1 Å². The third-order valence-electron chi connectivity index (χ3n) is 1.51. The molecule has 1 aromatic rings. The first-order valence-electron chi connectivity index (χ1n) is 3.61. The van der Waals surface area contributed by atoms with Crippen LogP contribution in [0.15, 0.2) is 11.7 Å². The number of rotatable bonds is 2. The number of Topliss-reactive ketones (excluding diaryl/α,β-unsaturated/α-hetero) is 1. The van der Waals surface area contributed by atoms with Crippen LogP contribution in [0, 0.1) is 0 Å². The summed E-state index contributed by atoms with van der Waals surface area (Å²) in [7, 11) is 0. The van der Waals surface area contributed by atoms with Crippen molar-refractivity contribution in [1.29, 1.82) is 0 Å². The quantitative estimate of drug-likeness (QED) is 0.490. The number of hydrogen-bond acceptors (Lipinski definition) is 2. The molecule has 0 spiro atoms. The summed E-state index contributed by atoms with van der Waals surface area (Å²) in [4.78, 5) is 11.7. The van der Waals surface area contributed by atoms with E-state index in [0.717, 1.165) is 4.88 Å². The molecular formula is C8H12NOS+. The van der Waals surface area contributed by atoms with E-state index in [2.05, 4.69) is 13.8 Å². The minimum atomic E-state index is 0.148. The number of carbonyl (C=O) groups is 1. The highest BCUT2D eigenvalue weighted by molar-refractivity contribution is 7.11. The molecule has 3 heteroatoms. The Hall–Kier alpha value is -0.700. The van der Waals surface area contributed by atoms with E-state index in [9.17, 15) is 4.79 Å². The highest BCUT2D eigenvalue weighted by Gasteiger charge is 2.12. The molecule has 0 bridgehead atoms. The van der Waals surface area contributed by atoms with Crippen molar-refractivity contribution in [3.63, 3.8) is 0 Å². The first-order valence-corrected chi connectivity index (χ1v) is 4.49. The van der Waals surface area contributed by atoms with Gasteiger partial charge in [0, 0.05) is 6.92 Å². The van der Waals surface area contributed by atoms with Gasteiger partial charge in [0.2, 0.25) is 5.51 Å². The summed E-state index contributed by atoms with van der Waals surface area (Å²) in [6.07, 6.45) is 1.90. The Morgan fingerprint density at radius 3 is 2.55 bits per heavy atom. The molecule has 1 rings (SSSR count). The van der Waals surface area contributed by atoms with Crippen molar-refractivity contribution in [3.8, 4) is 0 Å². The Balaban J connectivity index is 2.90. The summed E-state index contributed by atoms with van der Waals surface area (Å²) < 4.78 is 2.04. The number of nitrogens with zero attached hydrogens (tertiary/aromatic N) is 1. The van der Waals surface area contributed by atoms with Crippen LogP contribution in [0.3, 0.4) is 0 Å². The third kappa shape index (κ3) is 1.87. The summed E-state index contributed by atoms with van der Waals surface area (Å²) in [5, 5.41) is 0. The number of carbonyl (C=O) groups excluding carboxylic acids is 1. The van der Waals surface area contributed by atoms with Gasteiger partial charge in [-0.1, -0.05) is 11.3 Å². The first-order chi connectivity index (χ1) is 5.11. The maximum atomic E-state index is 10.9. The minimum absolute atomic E-state index is 0.148. The number of hydrogen-bond donors (Lipinski definition) is 0. The van der Waals surface area contributed by atoms with Crippen LogP contribution in [0.1, 0.15) is 36.5 Å². The third-order valence-corrected chi connectivity index (χ3v) is 2.51. The molecule has 1 aromatic heterocycles. The van der Waals surface area contributed by atoms with Crippen molar-refractivity contribution in [2.24, 2.45) is 0 Å². The lowest BCUT2D eigenvalue weighted by molar-refractivity contribution is -0.711. The van der Waals surface area contributed by atoms with Crippen LogP contribution in [0.5, 0.6) is 0 Å². The topological polar surface area (TPSA) is 20.9 Å². The molecule has 0 N–H and O–H groups in total. The van der Waals surface area contributed by atoms with Gasteiger partial charge in [-0.05, 0) is 13.8 Å². The number of aromatic nitrogens is 1. The second-order valence-corrected chi connectivity index (χ2v) is 3.70. The fourth-order valence-corrected chi connectivity index (χ4v) is 1.65. The normalized spacial score (nSPS) is 10.5. The van der Waals surface area contributed by atoms with Gasteiger partial charge in [0.25, 0.3) is 0 Å². The molecule has 1 heterocycles. The van der Waals surface area contributed by atoms with Gasteiger partial charge < -0.3 is 0 Å². The number of thiazole rings is 1. The van der Waals surface area contributed by atoms with Crippen molar-refractivity contribution < 1.29 is 9.36 Å². The van der Waals surface area contributed by atoms with Crippen LogP contribution in [0.4, 0.5) is 0 Å². The Morgan fingerprint density at radius 2 is 2.27 bits per heavy atom. The minimum Gasteiger partial charge on any atom is -0.293 e. The maximum absolute atomic E-state index is 10.9. The van der Waals surface area contributed by atoms with Gasteiger partial charge in [0.05, 0.1) is 0 Å². The molecule has 0 radical (unpaired) electrons. The molecule has 0 aliphatic carbocycles. The summed E-state index contributed by atoms with van der Waals surface area (Å²) in [5.74, 6) is 0.148. The molecule has 0 saturated heterocycles. The first kappa shape index (κ1) is 8.40. The largest absolute Gasteiger partial charge is 0.293 e. The standard InChI is InChI=1S/C8H12NOS/c1-6(2)9-4-8(7(3)10)11-5-9/h4-6H,1-3H3/q+1. The molecule has 0 unspecified atom stereocenters. The molecule has 0 aromatic carbocycles. The molecule has 2 nitrogen and oxygen atoms in total. The second kappa shape index (κ2) is 3.13. The van der Waals surface area contributed by atoms with E-state index in [4.69, 9.17) is 0 Å². The van der Waals surface area contributed by atoms with Crippen LogP contribution in [-0.4, -0.2) is 5.78 Å². The van der Waals surface area contributed by atoms with Gasteiger partial charge in [0.15, 0.2) is 18.0 Å². The van der Waals surface area contributed by atoms with Crippen molar-refractivity contribution in [1.82, 2.24) is 0 Å². The molecule has 0 aliphatic heterocycles. The summed E-state index contributed by atoms with van der Waals surface area (Å²) >= 11 is 1.50. The molecule has 0 fully saturated rings. The fourth-order valence-electron chi connectivity index (χ4n) is 0.759. The molecule has 0 saturated carbocycles. The van der Waals surface area contributed by atoms with Gasteiger partial charge in [0.1, 0.15) is 4.88 Å². The lowest BCUT2D eigenvalue weighted by atomic mass is 10.3. The van der Waals surface area contributed by atoms with Crippen LogP contribution < -0.4 is 4.57 Å². The van der Waals surface area contributed by atoms with Crippen molar-refractivity contribution in [3.05, 3.63) is 16.6 Å². The predicted molar refractivity (Wildman–Crippen MR) is 44.9 cm³/mol. The van der Waals surface area contributed by atoms with Crippen LogP contribution >= 0.6 is 11.3 Å². The van der Waals surface area contributed by atoms with E-state index < -0.39 is 0 Å².